The lowest BCUT2D eigenvalue weighted by Gasteiger charge is -2.07. The fraction of sp³-hybridized carbons (Fsp3) is 0.125. The molecule has 0 amide bonds. The molecule has 0 bridgehead atoms. The normalized spacial score (nSPS) is 10.9. The number of phenols is 2. The molecule has 0 unspecified atom stereocenters. The van der Waals surface area contributed by atoms with Gasteiger partial charge < -0.3 is 10.2 Å². The van der Waals surface area contributed by atoms with Crippen LogP contribution in [0.5, 0.6) is 11.5 Å². The average molecular weight is 240 g/mol. The fourth-order valence-electron chi connectivity index (χ4n) is 1.92. The van der Waals surface area contributed by atoms with Crippen molar-refractivity contribution in [3.8, 4) is 11.5 Å². The Hall–Kier alpha value is -2.22. The van der Waals surface area contributed by atoms with Gasteiger partial charge in [-0.05, 0) is 23.6 Å². The van der Waals surface area contributed by atoms with Crippen LogP contribution in [0.3, 0.4) is 0 Å². The first-order chi connectivity index (χ1) is 8.72. The molecule has 0 aliphatic rings. The third-order valence-corrected chi connectivity index (χ3v) is 2.91. The molecule has 0 aliphatic heterocycles. The third-order valence-electron chi connectivity index (χ3n) is 2.91. The molecule has 2 N–H and O–H groups in total. The highest BCUT2D eigenvalue weighted by Crippen LogP contribution is 2.32. The van der Waals surface area contributed by atoms with Crippen molar-refractivity contribution in [3.63, 3.8) is 0 Å². The van der Waals surface area contributed by atoms with Gasteiger partial charge in [0.1, 0.15) is 0 Å². The van der Waals surface area contributed by atoms with Crippen LogP contribution in [0.25, 0.3) is 12.2 Å². The monoisotopic (exact) mass is 240 g/mol. The number of rotatable bonds is 3. The number of benzene rings is 2. The van der Waals surface area contributed by atoms with Crippen LogP contribution in [0.15, 0.2) is 42.5 Å². The summed E-state index contributed by atoms with van der Waals surface area (Å²) in [5, 5.41) is 19.3. The highest BCUT2D eigenvalue weighted by atomic mass is 16.3. The zero-order chi connectivity index (χ0) is 13.0. The highest BCUT2D eigenvalue weighted by molar-refractivity contribution is 5.73. The molecule has 2 heteroatoms. The van der Waals surface area contributed by atoms with Gasteiger partial charge in [0.05, 0.1) is 0 Å². The van der Waals surface area contributed by atoms with E-state index >= 15 is 0 Å². The van der Waals surface area contributed by atoms with E-state index in [0.717, 1.165) is 16.7 Å². The van der Waals surface area contributed by atoms with E-state index in [-0.39, 0.29) is 11.5 Å². The fourth-order valence-corrected chi connectivity index (χ4v) is 1.92. The Bertz CT molecular complexity index is 557. The molecule has 0 saturated heterocycles. The van der Waals surface area contributed by atoms with E-state index in [0.29, 0.717) is 6.42 Å². The first-order valence-corrected chi connectivity index (χ1v) is 5.99. The summed E-state index contributed by atoms with van der Waals surface area (Å²) in [5.74, 6) is -0.0866. The Labute approximate surface area is 107 Å². The maximum Gasteiger partial charge on any atom is 0.161 e. The summed E-state index contributed by atoms with van der Waals surface area (Å²) in [6.45, 7) is 1.95. The molecule has 2 aromatic carbocycles. The Morgan fingerprint density at radius 3 is 2.33 bits per heavy atom. The van der Waals surface area contributed by atoms with Gasteiger partial charge in [0.2, 0.25) is 0 Å². The number of phenolic OH excluding ortho intramolecular Hbond substituents is 2. The van der Waals surface area contributed by atoms with E-state index < -0.39 is 0 Å². The molecular formula is C16H16O2. The molecule has 2 nitrogen and oxygen atoms in total. The third kappa shape index (κ3) is 2.54. The minimum atomic E-state index is -0.0660. The van der Waals surface area contributed by atoms with Crippen molar-refractivity contribution >= 4 is 12.2 Å². The Kier molecular flexibility index (Phi) is 3.68. The molecule has 2 rings (SSSR count). The van der Waals surface area contributed by atoms with Gasteiger partial charge in [0.15, 0.2) is 11.5 Å². The molecule has 0 spiro atoms. The summed E-state index contributed by atoms with van der Waals surface area (Å²) >= 11 is 0. The van der Waals surface area contributed by atoms with E-state index in [2.05, 4.69) is 0 Å². The number of aromatic hydroxyl groups is 2. The van der Waals surface area contributed by atoms with Crippen molar-refractivity contribution in [2.75, 3.05) is 0 Å². The Morgan fingerprint density at radius 1 is 0.944 bits per heavy atom. The first kappa shape index (κ1) is 12.2. The molecule has 0 fully saturated rings. The summed E-state index contributed by atoms with van der Waals surface area (Å²) in [6.07, 6.45) is 4.62. The standard InChI is InChI=1S/C16H16O2/c1-2-14-13(10-11-15(17)16(14)18)9-8-12-6-4-3-5-7-12/h3-11,17-18H,2H2,1H3. The molecule has 18 heavy (non-hydrogen) atoms. The van der Waals surface area contributed by atoms with Crippen molar-refractivity contribution in [1.29, 1.82) is 0 Å². The van der Waals surface area contributed by atoms with E-state index in [1.807, 2.05) is 55.5 Å². The van der Waals surface area contributed by atoms with Crippen molar-refractivity contribution in [2.24, 2.45) is 0 Å². The molecule has 0 aliphatic carbocycles. The molecule has 0 aromatic heterocycles. The van der Waals surface area contributed by atoms with Crippen LogP contribution in [0.4, 0.5) is 0 Å². The van der Waals surface area contributed by atoms with Crippen LogP contribution in [-0.2, 0) is 6.42 Å². The number of hydrogen-bond acceptors (Lipinski definition) is 2. The molecule has 0 saturated carbocycles. The lowest BCUT2D eigenvalue weighted by Crippen LogP contribution is -1.87. The van der Waals surface area contributed by atoms with Crippen LogP contribution in [0.2, 0.25) is 0 Å². The topological polar surface area (TPSA) is 40.5 Å². The number of hydrogen-bond donors (Lipinski definition) is 2. The quantitative estimate of drug-likeness (QED) is 0.632. The summed E-state index contributed by atoms with van der Waals surface area (Å²) in [5.41, 5.74) is 2.80. The zero-order valence-corrected chi connectivity index (χ0v) is 10.3. The Balaban J connectivity index is 2.35. The molecule has 0 radical (unpaired) electrons. The second kappa shape index (κ2) is 5.41. The summed E-state index contributed by atoms with van der Waals surface area (Å²) in [4.78, 5) is 0. The summed E-state index contributed by atoms with van der Waals surface area (Å²) < 4.78 is 0. The summed E-state index contributed by atoms with van der Waals surface area (Å²) in [6, 6.07) is 13.3. The van der Waals surface area contributed by atoms with Crippen molar-refractivity contribution in [2.45, 2.75) is 13.3 Å². The maximum atomic E-state index is 9.79. The lowest BCUT2D eigenvalue weighted by atomic mass is 10.0. The van der Waals surface area contributed by atoms with Gasteiger partial charge in [0, 0.05) is 5.56 Å². The predicted molar refractivity (Wildman–Crippen MR) is 74.5 cm³/mol. The van der Waals surface area contributed by atoms with Gasteiger partial charge in [0.25, 0.3) is 0 Å². The van der Waals surface area contributed by atoms with Gasteiger partial charge in [-0.3, -0.25) is 0 Å². The summed E-state index contributed by atoms with van der Waals surface area (Å²) in [7, 11) is 0. The minimum absolute atomic E-state index is 0.0206. The Morgan fingerprint density at radius 2 is 1.67 bits per heavy atom. The van der Waals surface area contributed by atoms with Crippen molar-refractivity contribution in [1.82, 2.24) is 0 Å². The largest absolute Gasteiger partial charge is 0.504 e. The second-order valence-corrected chi connectivity index (χ2v) is 4.10. The minimum Gasteiger partial charge on any atom is -0.504 e. The van der Waals surface area contributed by atoms with Gasteiger partial charge in [-0.25, -0.2) is 0 Å². The van der Waals surface area contributed by atoms with Crippen LogP contribution in [-0.4, -0.2) is 10.2 Å². The average Bonchev–Trinajstić information content (AvgIpc) is 2.41. The lowest BCUT2D eigenvalue weighted by molar-refractivity contribution is 0.399. The predicted octanol–water partition coefficient (Wildman–Crippen LogP) is 3.83. The smallest absolute Gasteiger partial charge is 0.161 e. The van der Waals surface area contributed by atoms with Crippen LogP contribution in [0, 0.1) is 0 Å². The van der Waals surface area contributed by atoms with Crippen LogP contribution < -0.4 is 0 Å². The SMILES string of the molecule is CCc1c(C=Cc2ccccc2)ccc(O)c1O. The van der Waals surface area contributed by atoms with Crippen LogP contribution in [0.1, 0.15) is 23.6 Å². The molecule has 92 valence electrons. The highest BCUT2D eigenvalue weighted by Gasteiger charge is 2.08. The zero-order valence-electron chi connectivity index (χ0n) is 10.3. The van der Waals surface area contributed by atoms with Crippen molar-refractivity contribution in [3.05, 3.63) is 59.2 Å². The van der Waals surface area contributed by atoms with Crippen LogP contribution >= 0.6 is 0 Å². The van der Waals surface area contributed by atoms with E-state index in [9.17, 15) is 10.2 Å². The van der Waals surface area contributed by atoms with E-state index in [1.54, 1.807) is 0 Å². The molecule has 2 aromatic rings. The van der Waals surface area contributed by atoms with Gasteiger partial charge in [-0.2, -0.15) is 0 Å². The van der Waals surface area contributed by atoms with Gasteiger partial charge >= 0.3 is 0 Å². The molecule has 0 atom stereocenters. The maximum absolute atomic E-state index is 9.79. The van der Waals surface area contributed by atoms with Crippen molar-refractivity contribution < 1.29 is 10.2 Å². The second-order valence-electron chi connectivity index (χ2n) is 4.10. The van der Waals surface area contributed by atoms with E-state index in [1.165, 1.54) is 6.07 Å². The molecular weight excluding hydrogens is 224 g/mol. The van der Waals surface area contributed by atoms with E-state index in [4.69, 9.17) is 0 Å². The molecule has 0 heterocycles. The van der Waals surface area contributed by atoms with Gasteiger partial charge in [-0.15, -0.1) is 0 Å². The first-order valence-electron chi connectivity index (χ1n) is 5.99. The van der Waals surface area contributed by atoms with Gasteiger partial charge in [-0.1, -0.05) is 55.5 Å².